The van der Waals surface area contributed by atoms with E-state index in [1.165, 1.54) is 18.2 Å². The largest absolute Gasteiger partial charge is 0.439 e. The summed E-state index contributed by atoms with van der Waals surface area (Å²) < 4.78 is 40.0. The van der Waals surface area contributed by atoms with Gasteiger partial charge in [0, 0.05) is 13.2 Å². The minimum atomic E-state index is -3.67. The van der Waals surface area contributed by atoms with Crippen molar-refractivity contribution in [3.8, 4) is 11.4 Å². The summed E-state index contributed by atoms with van der Waals surface area (Å²) >= 11 is 0. The summed E-state index contributed by atoms with van der Waals surface area (Å²) in [6, 6.07) is 13.2. The molecular weight excluding hydrogens is 469 g/mol. The maximum Gasteiger partial charge on any atom is 0.298 e. The van der Waals surface area contributed by atoms with Crippen molar-refractivity contribution < 1.29 is 23.4 Å². The molecule has 8 nitrogen and oxygen atoms in total. The van der Waals surface area contributed by atoms with Gasteiger partial charge in [0.2, 0.25) is 7.85 Å². The van der Waals surface area contributed by atoms with Crippen molar-refractivity contribution in [2.75, 3.05) is 13.2 Å². The SMILES string of the molecule is [B]C(O)(F)Oc1cn(-c2ccc(C3CCOCC3)cc2F)nc(C(C=CN)=Nc2ccccc2)c1=O. The first-order valence-corrected chi connectivity index (χ1v) is 11.2. The molecule has 1 fully saturated rings. The van der Waals surface area contributed by atoms with Gasteiger partial charge in [-0.05, 0) is 60.9 Å². The van der Waals surface area contributed by atoms with Crippen LogP contribution in [0.1, 0.15) is 30.0 Å². The van der Waals surface area contributed by atoms with E-state index in [4.69, 9.17) is 18.3 Å². The van der Waals surface area contributed by atoms with E-state index in [2.05, 4.69) is 14.8 Å². The summed E-state index contributed by atoms with van der Waals surface area (Å²) in [6.07, 6.45) is 4.92. The third-order valence-electron chi connectivity index (χ3n) is 5.55. The van der Waals surface area contributed by atoms with Crippen LogP contribution in [0.4, 0.5) is 14.5 Å². The topological polar surface area (TPSA) is 112 Å². The van der Waals surface area contributed by atoms with Gasteiger partial charge in [0.25, 0.3) is 11.4 Å². The lowest BCUT2D eigenvalue weighted by molar-refractivity contribution is -0.165. The first-order valence-electron chi connectivity index (χ1n) is 11.2. The smallest absolute Gasteiger partial charge is 0.298 e. The quantitative estimate of drug-likeness (QED) is 0.298. The number of aromatic nitrogens is 2. The van der Waals surface area contributed by atoms with Crippen LogP contribution in [0.2, 0.25) is 0 Å². The van der Waals surface area contributed by atoms with Crippen molar-refractivity contribution in [3.63, 3.8) is 0 Å². The van der Waals surface area contributed by atoms with E-state index in [0.717, 1.165) is 35.5 Å². The molecule has 4 rings (SSSR count). The Bertz CT molecular complexity index is 1330. The van der Waals surface area contributed by atoms with Gasteiger partial charge in [0.1, 0.15) is 11.5 Å². The number of ether oxygens (including phenoxy) is 2. The molecule has 1 aromatic heterocycles. The zero-order valence-corrected chi connectivity index (χ0v) is 19.2. The van der Waals surface area contributed by atoms with Gasteiger partial charge in [0.05, 0.1) is 17.6 Å². The number of aliphatic imine (C=N–C) groups is 1. The van der Waals surface area contributed by atoms with Crippen LogP contribution in [0.25, 0.3) is 5.69 Å². The van der Waals surface area contributed by atoms with Crippen molar-refractivity contribution in [2.45, 2.75) is 24.7 Å². The zero-order chi connectivity index (χ0) is 25.7. The van der Waals surface area contributed by atoms with Gasteiger partial charge in [-0.2, -0.15) is 9.49 Å². The van der Waals surface area contributed by atoms with Crippen LogP contribution >= 0.6 is 0 Å². The van der Waals surface area contributed by atoms with Gasteiger partial charge >= 0.3 is 0 Å². The number of nitrogens with zero attached hydrogens (tertiary/aromatic N) is 3. The van der Waals surface area contributed by atoms with Crippen molar-refractivity contribution in [1.82, 2.24) is 9.78 Å². The lowest BCUT2D eigenvalue weighted by Gasteiger charge is -2.23. The first kappa shape index (κ1) is 25.3. The summed E-state index contributed by atoms with van der Waals surface area (Å²) in [4.78, 5) is 17.5. The molecule has 36 heavy (non-hydrogen) atoms. The van der Waals surface area contributed by atoms with Crippen LogP contribution in [-0.2, 0) is 4.74 Å². The molecule has 184 valence electrons. The number of allylic oxidation sites excluding steroid dienone is 1. The molecular formula is C25H23BF2N4O4. The van der Waals surface area contributed by atoms with Crippen molar-refractivity contribution in [1.29, 1.82) is 0 Å². The fourth-order valence-corrected chi connectivity index (χ4v) is 3.88. The molecule has 2 heterocycles. The molecule has 1 saturated heterocycles. The third-order valence-corrected chi connectivity index (χ3v) is 5.55. The Morgan fingerprint density at radius 1 is 1.28 bits per heavy atom. The average Bonchev–Trinajstić information content (AvgIpc) is 2.85. The minimum Gasteiger partial charge on any atom is -0.439 e. The number of alkyl halides is 1. The van der Waals surface area contributed by atoms with E-state index in [1.54, 1.807) is 36.4 Å². The number of hydrogen-bond acceptors (Lipinski definition) is 7. The number of para-hydroxylation sites is 1. The summed E-state index contributed by atoms with van der Waals surface area (Å²) in [5.74, 6) is -4.86. The number of rotatable bonds is 7. The molecule has 0 saturated carbocycles. The van der Waals surface area contributed by atoms with Crippen LogP contribution in [0.3, 0.4) is 0 Å². The lowest BCUT2D eigenvalue weighted by atomic mass is 9.91. The molecule has 0 amide bonds. The van der Waals surface area contributed by atoms with Crippen LogP contribution in [0.5, 0.6) is 5.75 Å². The molecule has 0 bridgehead atoms. The van der Waals surface area contributed by atoms with Crippen molar-refractivity contribution in [2.24, 2.45) is 10.7 Å². The molecule has 2 aromatic carbocycles. The molecule has 0 spiro atoms. The Labute approximate surface area is 207 Å². The van der Waals surface area contributed by atoms with Crippen LogP contribution in [0, 0.1) is 5.82 Å². The van der Waals surface area contributed by atoms with Gasteiger partial charge in [-0.1, -0.05) is 24.3 Å². The number of nitrogens with two attached hydrogens (primary N) is 1. The van der Waals surface area contributed by atoms with E-state index in [9.17, 15) is 14.3 Å². The van der Waals surface area contributed by atoms with E-state index in [0.29, 0.717) is 18.9 Å². The molecule has 3 aromatic rings. The van der Waals surface area contributed by atoms with Gasteiger partial charge < -0.3 is 20.3 Å². The van der Waals surface area contributed by atoms with E-state index in [-0.39, 0.29) is 23.0 Å². The van der Waals surface area contributed by atoms with Crippen molar-refractivity contribution in [3.05, 3.63) is 94.3 Å². The molecule has 1 unspecified atom stereocenters. The number of aliphatic hydroxyl groups is 1. The minimum absolute atomic E-state index is 0.00782. The van der Waals surface area contributed by atoms with Gasteiger partial charge in [-0.3, -0.25) is 4.79 Å². The Balaban J connectivity index is 1.85. The third kappa shape index (κ3) is 6.05. The predicted molar refractivity (Wildman–Crippen MR) is 131 cm³/mol. The normalized spacial score (nSPS) is 16.7. The Morgan fingerprint density at radius 2 is 2.00 bits per heavy atom. The van der Waals surface area contributed by atoms with E-state index in [1.807, 2.05) is 0 Å². The molecule has 1 atom stereocenters. The molecule has 0 aliphatic carbocycles. The van der Waals surface area contributed by atoms with E-state index >= 15 is 4.39 Å². The summed E-state index contributed by atoms with van der Waals surface area (Å²) in [5, 5.41) is 13.6. The maximum atomic E-state index is 15.3. The highest BCUT2D eigenvalue weighted by Gasteiger charge is 2.25. The van der Waals surface area contributed by atoms with Crippen LogP contribution in [-0.4, -0.2) is 47.6 Å². The first-order chi connectivity index (χ1) is 17.2. The van der Waals surface area contributed by atoms with Crippen LogP contribution in [0.15, 0.2) is 76.8 Å². The standard InChI is InChI=1S/C25H23BF2N4O4/c26-25(28,34)36-22-15-32(21-7-6-17(14-19(21)27)16-9-12-35-13-10-16)31-23(24(22)33)20(8-11-29)30-18-4-2-1-3-5-18/h1-8,11,14-16,34H,9-10,12-13,29H2. The molecule has 1 aliphatic heterocycles. The maximum absolute atomic E-state index is 15.3. The summed E-state index contributed by atoms with van der Waals surface area (Å²) in [7, 11) is 4.92. The molecule has 1 aliphatic rings. The highest BCUT2D eigenvalue weighted by Crippen LogP contribution is 2.29. The number of halogens is 2. The lowest BCUT2D eigenvalue weighted by Crippen LogP contribution is -2.34. The number of hydrogen-bond donors (Lipinski definition) is 2. The average molecular weight is 492 g/mol. The fourth-order valence-electron chi connectivity index (χ4n) is 3.88. The molecule has 3 N–H and O–H groups in total. The highest BCUT2D eigenvalue weighted by molar-refractivity contribution is 6.12. The van der Waals surface area contributed by atoms with Gasteiger partial charge in [0.15, 0.2) is 11.4 Å². The van der Waals surface area contributed by atoms with Gasteiger partial charge in [-0.25, -0.2) is 14.1 Å². The molecule has 11 heteroatoms. The van der Waals surface area contributed by atoms with Crippen molar-refractivity contribution >= 4 is 19.2 Å². The second kappa shape index (κ2) is 10.8. The molecule has 2 radical (unpaired) electrons. The number of benzene rings is 2. The van der Waals surface area contributed by atoms with Crippen LogP contribution < -0.4 is 15.9 Å². The Kier molecular flexibility index (Phi) is 7.61. The second-order valence-electron chi connectivity index (χ2n) is 8.12. The monoisotopic (exact) mass is 492 g/mol. The Hall–Kier alpha value is -3.83. The summed E-state index contributed by atoms with van der Waals surface area (Å²) in [5.41, 5.74) is 5.48. The fraction of sp³-hybridized carbons (Fsp3) is 0.240. The predicted octanol–water partition coefficient (Wildman–Crippen LogP) is 2.98. The zero-order valence-electron chi connectivity index (χ0n) is 19.2. The highest BCUT2D eigenvalue weighted by atomic mass is 19.2. The van der Waals surface area contributed by atoms with Gasteiger partial charge in [-0.15, -0.1) is 0 Å². The second-order valence-corrected chi connectivity index (χ2v) is 8.12. The Morgan fingerprint density at radius 3 is 2.64 bits per heavy atom. The summed E-state index contributed by atoms with van der Waals surface area (Å²) in [6.45, 7) is 1.20. The van der Waals surface area contributed by atoms with E-state index < -0.39 is 22.9 Å².